The third kappa shape index (κ3) is 15.3. The number of aromatic nitrogens is 4. The number of halogens is 2. The van der Waals surface area contributed by atoms with Gasteiger partial charge < -0.3 is 33.6 Å². The molecular weight excluding hydrogens is 819 g/mol. The first-order valence-electron chi connectivity index (χ1n) is 20.1. The third-order valence-corrected chi connectivity index (χ3v) is 9.96. The van der Waals surface area contributed by atoms with Gasteiger partial charge in [0.25, 0.3) is 0 Å². The number of alkyl halides is 2. The van der Waals surface area contributed by atoms with Crippen LogP contribution in [0.1, 0.15) is 50.1 Å². The number of aliphatic hydroxyl groups excluding tert-OH is 2. The molecule has 0 fully saturated rings. The summed E-state index contributed by atoms with van der Waals surface area (Å²) in [5, 5.41) is 18.3. The minimum absolute atomic E-state index is 0.0600. The fraction of sp³-hybridized carbons (Fsp3) is 0.176. The van der Waals surface area contributed by atoms with Gasteiger partial charge in [0.2, 0.25) is 0 Å². The predicted molar refractivity (Wildman–Crippen MR) is 245 cm³/mol. The van der Waals surface area contributed by atoms with E-state index in [4.69, 9.17) is 47.6 Å². The van der Waals surface area contributed by atoms with Crippen molar-refractivity contribution in [2.24, 2.45) is 0 Å². The molecule has 9 nitrogen and oxygen atoms in total. The molecule has 2 aromatic heterocycles. The van der Waals surface area contributed by atoms with Crippen LogP contribution >= 0.6 is 23.2 Å². The highest BCUT2D eigenvalue weighted by atomic mass is 35.5. The van der Waals surface area contributed by atoms with E-state index < -0.39 is 0 Å². The van der Waals surface area contributed by atoms with Crippen molar-refractivity contribution in [3.05, 3.63) is 233 Å². The van der Waals surface area contributed by atoms with Crippen LogP contribution in [0.25, 0.3) is 0 Å². The maximum absolute atomic E-state index is 9.13. The summed E-state index contributed by atoms with van der Waals surface area (Å²) in [5.74, 6) is 3.28. The zero-order valence-electron chi connectivity index (χ0n) is 34.3. The monoisotopic (exact) mass is 868 g/mol. The maximum Gasteiger partial charge on any atom is 0.120 e. The molecule has 0 amide bonds. The summed E-state index contributed by atoms with van der Waals surface area (Å²) in [7, 11) is 0. The topological polar surface area (TPSA) is 104 Å². The second kappa shape index (κ2) is 24.8. The van der Waals surface area contributed by atoms with Crippen LogP contribution in [0.3, 0.4) is 0 Å². The van der Waals surface area contributed by atoms with E-state index in [1.165, 1.54) is 11.1 Å². The van der Waals surface area contributed by atoms with E-state index in [2.05, 4.69) is 49.4 Å². The normalized spacial score (nSPS) is 10.5. The highest BCUT2D eigenvalue weighted by Crippen LogP contribution is 2.23. The lowest BCUT2D eigenvalue weighted by Gasteiger charge is -2.12. The predicted octanol–water partition coefficient (Wildman–Crippen LogP) is 10.7. The smallest absolute Gasteiger partial charge is 0.120 e. The molecule has 0 radical (unpaired) electrons. The maximum atomic E-state index is 9.13. The molecule has 62 heavy (non-hydrogen) atoms. The van der Waals surface area contributed by atoms with Gasteiger partial charge in [-0.15, -0.1) is 23.2 Å². The van der Waals surface area contributed by atoms with E-state index in [1.54, 1.807) is 30.6 Å². The Morgan fingerprint density at radius 1 is 0.403 bits per heavy atom. The molecule has 0 aliphatic heterocycles. The van der Waals surface area contributed by atoms with E-state index >= 15 is 0 Å². The number of hydrogen-bond donors (Lipinski definition) is 2. The number of aliphatic hydroxyl groups is 2. The van der Waals surface area contributed by atoms with Crippen LogP contribution in [0, 0.1) is 0 Å². The van der Waals surface area contributed by atoms with Crippen molar-refractivity contribution < 1.29 is 24.4 Å². The van der Waals surface area contributed by atoms with Crippen molar-refractivity contribution in [3.8, 4) is 17.2 Å². The standard InChI is InChI=1S/C21H20N4O.C15H14Cl2O.C15H16O3/c1-2-4-18(5-3-1)15-26-21-11-19(13-24-8-6-22-16-24)10-20(12-21)14-25-9-7-23-17-25;2*16-9-13-6-14(10-17)8-15(7-13)18-11-12-4-2-1-3-5-12/h1-12,16-17H,13-15H2;1-8H,9-11H2;1-8,16-17H,9-11H2. The van der Waals surface area contributed by atoms with Gasteiger partial charge in [0.05, 0.1) is 25.9 Å². The Hall–Kier alpha value is -6.36. The van der Waals surface area contributed by atoms with Gasteiger partial charge in [-0.1, -0.05) is 109 Å². The van der Waals surface area contributed by atoms with Gasteiger partial charge in [-0.05, 0) is 86.5 Å². The Kier molecular flexibility index (Phi) is 18.1. The lowest BCUT2D eigenvalue weighted by atomic mass is 10.1. The van der Waals surface area contributed by atoms with E-state index in [0.717, 1.165) is 63.5 Å². The molecule has 6 aromatic carbocycles. The highest BCUT2D eigenvalue weighted by molar-refractivity contribution is 6.17. The summed E-state index contributed by atoms with van der Waals surface area (Å²) in [6.45, 7) is 2.98. The Balaban J connectivity index is 0.000000160. The van der Waals surface area contributed by atoms with Crippen molar-refractivity contribution in [3.63, 3.8) is 0 Å². The lowest BCUT2D eigenvalue weighted by Crippen LogP contribution is -2.03. The second-order valence-electron chi connectivity index (χ2n) is 14.3. The largest absolute Gasteiger partial charge is 0.489 e. The molecule has 0 bridgehead atoms. The number of rotatable bonds is 17. The van der Waals surface area contributed by atoms with Crippen molar-refractivity contribution in [2.45, 2.75) is 57.9 Å². The fourth-order valence-electron chi connectivity index (χ4n) is 6.36. The van der Waals surface area contributed by atoms with Gasteiger partial charge in [0, 0.05) is 49.6 Å². The average Bonchev–Trinajstić information content (AvgIpc) is 4.06. The summed E-state index contributed by atoms with van der Waals surface area (Å²) in [6, 6.07) is 47.7. The zero-order chi connectivity index (χ0) is 43.2. The van der Waals surface area contributed by atoms with Crippen molar-refractivity contribution in [1.82, 2.24) is 19.1 Å². The summed E-state index contributed by atoms with van der Waals surface area (Å²) in [5.41, 5.74) is 9.28. The SMILES string of the molecule is ClCc1cc(CCl)cc(OCc2ccccc2)c1.OCc1cc(CO)cc(OCc2ccccc2)c1.c1ccc(COc2cc(Cn3ccnc3)cc(Cn3ccnc3)c2)cc1. The Morgan fingerprint density at radius 3 is 1.05 bits per heavy atom. The van der Waals surface area contributed by atoms with Crippen molar-refractivity contribution in [1.29, 1.82) is 0 Å². The number of ether oxygens (including phenoxy) is 3. The summed E-state index contributed by atoms with van der Waals surface area (Å²) < 4.78 is 21.6. The zero-order valence-corrected chi connectivity index (χ0v) is 35.9. The molecule has 2 heterocycles. The molecular formula is C51H50Cl2N4O5. The van der Waals surface area contributed by atoms with E-state index in [0.29, 0.717) is 37.3 Å². The van der Waals surface area contributed by atoms with E-state index in [-0.39, 0.29) is 13.2 Å². The molecule has 318 valence electrons. The minimum atomic E-state index is -0.0600. The van der Waals surface area contributed by atoms with Gasteiger partial charge in [-0.2, -0.15) is 0 Å². The first kappa shape index (κ1) is 45.2. The summed E-state index contributed by atoms with van der Waals surface area (Å²) in [6.07, 6.45) is 11.2. The molecule has 11 heteroatoms. The molecule has 2 N–H and O–H groups in total. The van der Waals surface area contributed by atoms with E-state index in [9.17, 15) is 0 Å². The van der Waals surface area contributed by atoms with Crippen molar-refractivity contribution in [2.75, 3.05) is 0 Å². The molecule has 0 saturated carbocycles. The van der Waals surface area contributed by atoms with Gasteiger partial charge in [-0.3, -0.25) is 0 Å². The molecule has 0 unspecified atom stereocenters. The van der Waals surface area contributed by atoms with Crippen LogP contribution in [-0.4, -0.2) is 29.3 Å². The van der Waals surface area contributed by atoms with Gasteiger partial charge in [-0.25, -0.2) is 9.97 Å². The minimum Gasteiger partial charge on any atom is -0.489 e. The quantitative estimate of drug-likeness (QED) is 0.0879. The molecule has 0 spiro atoms. The van der Waals surface area contributed by atoms with Crippen LogP contribution in [0.2, 0.25) is 0 Å². The number of hydrogen-bond acceptors (Lipinski definition) is 7. The fourth-order valence-corrected chi connectivity index (χ4v) is 6.67. The highest BCUT2D eigenvalue weighted by Gasteiger charge is 2.07. The van der Waals surface area contributed by atoms with Gasteiger partial charge in [0.1, 0.15) is 37.1 Å². The average molecular weight is 870 g/mol. The van der Waals surface area contributed by atoms with Gasteiger partial charge in [0.15, 0.2) is 0 Å². The summed E-state index contributed by atoms with van der Waals surface area (Å²) in [4.78, 5) is 8.24. The van der Waals surface area contributed by atoms with Gasteiger partial charge >= 0.3 is 0 Å². The number of benzene rings is 6. The van der Waals surface area contributed by atoms with Crippen LogP contribution < -0.4 is 14.2 Å². The molecule has 8 rings (SSSR count). The van der Waals surface area contributed by atoms with Crippen LogP contribution in [-0.2, 0) is 57.9 Å². The molecule has 0 saturated heterocycles. The van der Waals surface area contributed by atoms with Crippen LogP contribution in [0.5, 0.6) is 17.2 Å². The lowest BCUT2D eigenvalue weighted by molar-refractivity contribution is 0.269. The molecule has 0 atom stereocenters. The Morgan fingerprint density at radius 2 is 0.726 bits per heavy atom. The molecule has 0 aliphatic rings. The third-order valence-electron chi connectivity index (χ3n) is 9.35. The molecule has 8 aromatic rings. The first-order chi connectivity index (χ1) is 30.5. The van der Waals surface area contributed by atoms with Crippen LogP contribution in [0.15, 0.2) is 183 Å². The number of imidazole rings is 2. The Bertz CT molecular complexity index is 2280. The molecule has 0 aliphatic carbocycles. The summed E-state index contributed by atoms with van der Waals surface area (Å²) >= 11 is 11.7. The second-order valence-corrected chi connectivity index (χ2v) is 14.9. The first-order valence-corrected chi connectivity index (χ1v) is 21.2. The Labute approximate surface area is 373 Å². The van der Waals surface area contributed by atoms with Crippen molar-refractivity contribution >= 4 is 23.2 Å². The van der Waals surface area contributed by atoms with Crippen LogP contribution in [0.4, 0.5) is 0 Å². The number of nitrogens with zero attached hydrogens (tertiary/aromatic N) is 4. The van der Waals surface area contributed by atoms with E-state index in [1.807, 2.05) is 122 Å².